The smallest absolute Gasteiger partial charge is 0.165 e. The minimum atomic E-state index is -0.184. The Morgan fingerprint density at radius 2 is 1.80 bits per heavy atom. The van der Waals surface area contributed by atoms with Crippen molar-refractivity contribution in [3.63, 3.8) is 0 Å². The minimum absolute atomic E-state index is 0.0967. The molecule has 5 rings (SSSR count). The Hall–Kier alpha value is -1.61. The van der Waals surface area contributed by atoms with Gasteiger partial charge in [0.1, 0.15) is 5.75 Å². The maximum absolute atomic E-state index is 13.5. The molecule has 0 spiro atoms. The molecule has 1 aromatic rings. The van der Waals surface area contributed by atoms with E-state index in [9.17, 15) is 9.90 Å². The lowest BCUT2D eigenvalue weighted by molar-refractivity contribution is -0.141. The van der Waals surface area contributed by atoms with Gasteiger partial charge in [-0.05, 0) is 110 Å². The summed E-state index contributed by atoms with van der Waals surface area (Å²) in [6.07, 6.45) is 10.8. The van der Waals surface area contributed by atoms with Crippen molar-refractivity contribution in [1.82, 2.24) is 0 Å². The largest absolute Gasteiger partial charge is 0.497 e. The van der Waals surface area contributed by atoms with Crippen LogP contribution in [0.15, 0.2) is 29.8 Å². The Kier molecular flexibility index (Phi) is 4.89. The Balaban J connectivity index is 1.42. The molecule has 162 valence electrons. The highest BCUT2D eigenvalue weighted by Gasteiger charge is 2.61. The third-order valence-corrected chi connectivity index (χ3v) is 9.73. The lowest BCUT2D eigenvalue weighted by Gasteiger charge is -2.59. The predicted molar refractivity (Wildman–Crippen MR) is 119 cm³/mol. The van der Waals surface area contributed by atoms with Crippen LogP contribution < -0.4 is 4.74 Å². The number of allylic oxidation sites excluding steroid dienone is 1. The van der Waals surface area contributed by atoms with Crippen LogP contribution in [0.25, 0.3) is 6.08 Å². The lowest BCUT2D eigenvalue weighted by Crippen LogP contribution is -2.54. The van der Waals surface area contributed by atoms with Crippen molar-refractivity contribution in [2.75, 3.05) is 7.11 Å². The fourth-order valence-electron chi connectivity index (χ4n) is 7.94. The number of aliphatic hydroxyl groups is 1. The molecule has 4 saturated carbocycles. The van der Waals surface area contributed by atoms with E-state index in [0.717, 1.165) is 54.9 Å². The number of hydrogen-bond donors (Lipinski definition) is 1. The van der Waals surface area contributed by atoms with Crippen molar-refractivity contribution in [1.29, 1.82) is 0 Å². The number of aliphatic hydroxyl groups excluding tert-OH is 1. The second-order valence-electron chi connectivity index (χ2n) is 11.0. The molecule has 4 fully saturated rings. The number of rotatable bonds is 2. The van der Waals surface area contributed by atoms with Crippen molar-refractivity contribution in [2.24, 2.45) is 34.5 Å². The monoisotopic (exact) mass is 408 g/mol. The van der Waals surface area contributed by atoms with Gasteiger partial charge in [0.2, 0.25) is 0 Å². The summed E-state index contributed by atoms with van der Waals surface area (Å²) in [6.45, 7) is 4.76. The van der Waals surface area contributed by atoms with Crippen LogP contribution in [0.1, 0.15) is 70.8 Å². The number of hydrogen-bond acceptors (Lipinski definition) is 3. The first-order valence-corrected chi connectivity index (χ1v) is 11.9. The second kappa shape index (κ2) is 7.22. The van der Waals surface area contributed by atoms with E-state index in [0.29, 0.717) is 29.0 Å². The molecular formula is C27H36O3. The molecule has 0 aromatic heterocycles. The van der Waals surface area contributed by atoms with Gasteiger partial charge in [0, 0.05) is 5.41 Å². The first-order chi connectivity index (χ1) is 14.3. The Bertz CT molecular complexity index is 855. The summed E-state index contributed by atoms with van der Waals surface area (Å²) in [5, 5.41) is 10.2. The van der Waals surface area contributed by atoms with E-state index in [1.165, 1.54) is 19.3 Å². The third kappa shape index (κ3) is 2.99. The molecule has 3 heteroatoms. The van der Waals surface area contributed by atoms with E-state index in [1.54, 1.807) is 7.11 Å². The van der Waals surface area contributed by atoms with Crippen LogP contribution in [0.3, 0.4) is 0 Å². The Labute approximate surface area is 180 Å². The lowest BCUT2D eigenvalue weighted by atomic mass is 9.45. The molecule has 0 radical (unpaired) electrons. The number of ketones is 1. The van der Waals surface area contributed by atoms with Crippen LogP contribution in [0, 0.1) is 34.5 Å². The molecular weight excluding hydrogens is 372 g/mol. The van der Waals surface area contributed by atoms with Gasteiger partial charge >= 0.3 is 0 Å². The molecule has 4 aliphatic carbocycles. The van der Waals surface area contributed by atoms with Gasteiger partial charge in [-0.25, -0.2) is 0 Å². The molecule has 0 aliphatic heterocycles. The number of Topliss-reactive ketones (excluding diaryl/α,β-unsaturated/α-hetero) is 1. The molecule has 1 aromatic carbocycles. The number of methoxy groups -OCH3 is 1. The number of carbonyl (C=O) groups excluding carboxylic acids is 1. The normalized spacial score (nSPS) is 44.3. The van der Waals surface area contributed by atoms with Gasteiger partial charge in [-0.15, -0.1) is 0 Å². The number of fused-ring (bicyclic) bond motifs is 5. The van der Waals surface area contributed by atoms with Crippen LogP contribution in [0.2, 0.25) is 0 Å². The molecule has 0 saturated heterocycles. The van der Waals surface area contributed by atoms with Crippen molar-refractivity contribution in [3.05, 3.63) is 35.4 Å². The van der Waals surface area contributed by atoms with Crippen molar-refractivity contribution >= 4 is 11.9 Å². The zero-order valence-electron chi connectivity index (χ0n) is 18.7. The summed E-state index contributed by atoms with van der Waals surface area (Å²) >= 11 is 0. The summed E-state index contributed by atoms with van der Waals surface area (Å²) in [5.74, 6) is 3.77. The van der Waals surface area contributed by atoms with E-state index in [1.807, 2.05) is 24.3 Å². The van der Waals surface area contributed by atoms with E-state index in [2.05, 4.69) is 19.9 Å². The van der Waals surface area contributed by atoms with E-state index < -0.39 is 0 Å². The first kappa shape index (κ1) is 20.3. The number of carbonyl (C=O) groups is 1. The second-order valence-corrected chi connectivity index (χ2v) is 11.0. The third-order valence-electron chi connectivity index (χ3n) is 9.73. The van der Waals surface area contributed by atoms with Crippen LogP contribution in [0.4, 0.5) is 0 Å². The molecule has 7 atom stereocenters. The molecule has 7 unspecified atom stereocenters. The van der Waals surface area contributed by atoms with E-state index in [-0.39, 0.29) is 11.5 Å². The first-order valence-electron chi connectivity index (χ1n) is 11.9. The Morgan fingerprint density at radius 1 is 1.03 bits per heavy atom. The highest BCUT2D eigenvalue weighted by Crippen LogP contribution is 2.66. The minimum Gasteiger partial charge on any atom is -0.497 e. The van der Waals surface area contributed by atoms with E-state index in [4.69, 9.17) is 4.74 Å². The fraction of sp³-hybridized carbons (Fsp3) is 0.667. The van der Waals surface area contributed by atoms with Crippen molar-refractivity contribution < 1.29 is 14.6 Å². The summed E-state index contributed by atoms with van der Waals surface area (Å²) in [5.41, 5.74) is 2.29. The molecule has 4 aliphatic rings. The van der Waals surface area contributed by atoms with Gasteiger partial charge in [0.05, 0.1) is 13.2 Å². The Morgan fingerprint density at radius 3 is 2.53 bits per heavy atom. The highest BCUT2D eigenvalue weighted by molar-refractivity contribution is 6.05. The topological polar surface area (TPSA) is 46.5 Å². The molecule has 3 nitrogen and oxygen atoms in total. The van der Waals surface area contributed by atoms with Gasteiger partial charge in [0.25, 0.3) is 0 Å². The maximum Gasteiger partial charge on any atom is 0.165 e. The SMILES string of the molecule is COc1ccc(/C=C2\CC3C4CCC5CC(O)CCC5(C)C4CCC3(C)C2=O)cc1. The van der Waals surface area contributed by atoms with Gasteiger partial charge in [-0.2, -0.15) is 0 Å². The van der Waals surface area contributed by atoms with E-state index >= 15 is 0 Å². The van der Waals surface area contributed by atoms with Crippen LogP contribution in [-0.2, 0) is 4.79 Å². The zero-order valence-corrected chi connectivity index (χ0v) is 18.7. The van der Waals surface area contributed by atoms with Gasteiger partial charge < -0.3 is 9.84 Å². The fourth-order valence-corrected chi connectivity index (χ4v) is 7.94. The molecule has 30 heavy (non-hydrogen) atoms. The summed E-state index contributed by atoms with van der Waals surface area (Å²) in [7, 11) is 1.68. The highest BCUT2D eigenvalue weighted by atomic mass is 16.5. The number of ether oxygens (including phenoxy) is 1. The van der Waals surface area contributed by atoms with Crippen molar-refractivity contribution in [3.8, 4) is 5.75 Å². The molecule has 0 amide bonds. The predicted octanol–water partition coefficient (Wildman–Crippen LogP) is 5.66. The van der Waals surface area contributed by atoms with Gasteiger partial charge in [-0.3, -0.25) is 4.79 Å². The molecule has 0 bridgehead atoms. The quantitative estimate of drug-likeness (QED) is 0.642. The van der Waals surface area contributed by atoms with Gasteiger partial charge in [-0.1, -0.05) is 26.0 Å². The molecule has 0 heterocycles. The standard InChI is InChI=1S/C27H36O3/c1-26-12-10-20(28)16-19(26)6-9-22-23(26)11-13-27(2)24(22)15-18(25(27)29)14-17-4-7-21(30-3)8-5-17/h4-5,7-8,14,19-20,22-24,28H,6,9-13,15-16H2,1-3H3/b18-14+. The van der Waals surface area contributed by atoms with Crippen molar-refractivity contribution in [2.45, 2.75) is 71.3 Å². The van der Waals surface area contributed by atoms with Crippen LogP contribution in [-0.4, -0.2) is 24.1 Å². The summed E-state index contributed by atoms with van der Waals surface area (Å²) < 4.78 is 5.27. The average molecular weight is 409 g/mol. The molecule has 1 N–H and O–H groups in total. The van der Waals surface area contributed by atoms with Crippen LogP contribution >= 0.6 is 0 Å². The number of benzene rings is 1. The average Bonchev–Trinajstić information content (AvgIpc) is 3.00. The van der Waals surface area contributed by atoms with Crippen LogP contribution in [0.5, 0.6) is 5.75 Å². The summed E-state index contributed by atoms with van der Waals surface area (Å²) in [4.78, 5) is 13.5. The van der Waals surface area contributed by atoms with Gasteiger partial charge in [0.15, 0.2) is 5.78 Å². The maximum atomic E-state index is 13.5. The zero-order chi connectivity index (χ0) is 21.1. The summed E-state index contributed by atoms with van der Waals surface area (Å²) in [6, 6.07) is 8.03.